The minimum atomic E-state index is -4.52. The van der Waals surface area contributed by atoms with Crippen molar-refractivity contribution >= 4 is 63.6 Å². The van der Waals surface area contributed by atoms with Crippen molar-refractivity contribution in [1.29, 1.82) is 0 Å². The summed E-state index contributed by atoms with van der Waals surface area (Å²) < 4.78 is 112. The van der Waals surface area contributed by atoms with Crippen molar-refractivity contribution in [3.63, 3.8) is 0 Å². The molecule has 6 aromatic rings. The van der Waals surface area contributed by atoms with Gasteiger partial charge in [-0.25, -0.2) is 24.7 Å². The predicted octanol–water partition coefficient (Wildman–Crippen LogP) is 11.6. The molecule has 0 radical (unpaired) electrons. The molecule has 0 saturated carbocycles. The van der Waals surface area contributed by atoms with Crippen LogP contribution in [0.3, 0.4) is 0 Å². The van der Waals surface area contributed by atoms with Crippen LogP contribution >= 0.6 is 23.2 Å². The third-order valence-electron chi connectivity index (χ3n) is 13.7. The van der Waals surface area contributed by atoms with Crippen LogP contribution in [-0.2, 0) is 31.3 Å². The maximum absolute atomic E-state index is 13.7. The number of nitrogens with zero attached hydrogens (tertiary/aromatic N) is 7. The second kappa shape index (κ2) is 22.6. The number of hydrogen-bond acceptors (Lipinski definition) is 15. The van der Waals surface area contributed by atoms with Crippen LogP contribution in [0.5, 0.6) is 11.8 Å². The summed E-state index contributed by atoms with van der Waals surface area (Å²) in [6, 6.07) is 19.7. The Bertz CT molecular complexity index is 3250. The van der Waals surface area contributed by atoms with Crippen molar-refractivity contribution in [3.8, 4) is 34.3 Å². The monoisotopic (exact) mass is 1150 g/mol. The largest absolute Gasteiger partial charge is 0.475 e. The van der Waals surface area contributed by atoms with Crippen LogP contribution in [0, 0.1) is 0 Å². The first-order valence-corrected chi connectivity index (χ1v) is 26.4. The Balaban J connectivity index is 0.000000154. The van der Waals surface area contributed by atoms with Gasteiger partial charge >= 0.3 is 18.4 Å². The summed E-state index contributed by atoms with van der Waals surface area (Å²) >= 11 is 12.8. The van der Waals surface area contributed by atoms with Crippen LogP contribution in [0.25, 0.3) is 22.5 Å². The van der Waals surface area contributed by atoms with Crippen molar-refractivity contribution in [2.45, 2.75) is 88.8 Å². The lowest BCUT2D eigenvalue weighted by atomic mass is 10.1. The fraction of sp³-hybridized carbons (Fsp3) is 0.400. The Labute approximate surface area is 466 Å². The zero-order valence-corrected chi connectivity index (χ0v) is 45.2. The topological polar surface area (TPSA) is 184 Å². The van der Waals surface area contributed by atoms with Crippen molar-refractivity contribution in [1.82, 2.24) is 19.9 Å². The summed E-state index contributed by atoms with van der Waals surface area (Å²) in [5, 5.41) is 6.78. The van der Waals surface area contributed by atoms with E-state index in [9.17, 15) is 31.1 Å². The number of anilines is 6. The highest BCUT2D eigenvalue weighted by Crippen LogP contribution is 2.45. The van der Waals surface area contributed by atoms with E-state index >= 15 is 0 Å². The first-order valence-electron chi connectivity index (χ1n) is 25.6. The molecule has 4 aromatic heterocycles. The highest BCUT2D eigenvalue weighted by atomic mass is 35.5. The lowest BCUT2D eigenvalue weighted by Gasteiger charge is -2.36. The van der Waals surface area contributed by atoms with Crippen LogP contribution in [-0.4, -0.2) is 114 Å². The lowest BCUT2D eigenvalue weighted by Crippen LogP contribution is -2.48. The van der Waals surface area contributed by atoms with Crippen LogP contribution < -0.4 is 40.5 Å². The zero-order valence-electron chi connectivity index (χ0n) is 43.7. The molecule has 4 fully saturated rings. The molecule has 17 nitrogen and oxygen atoms in total. The second-order valence-electron chi connectivity index (χ2n) is 20.6. The number of amides is 2. The number of alkyl halides is 6. The Morgan fingerprint density at radius 2 is 1.27 bits per heavy atom. The van der Waals surface area contributed by atoms with Crippen LogP contribution in [0.1, 0.15) is 51.7 Å². The summed E-state index contributed by atoms with van der Waals surface area (Å²) in [5.41, 5.74) is 7.85. The molecule has 80 heavy (non-hydrogen) atoms. The number of nitrogen functional groups attached to an aromatic ring is 1. The minimum Gasteiger partial charge on any atom is -0.475 e. The Morgan fingerprint density at radius 3 is 1.85 bits per heavy atom. The number of benzene rings is 2. The van der Waals surface area contributed by atoms with Crippen molar-refractivity contribution < 1.29 is 59.6 Å². The Hall–Kier alpha value is -6.89. The molecule has 0 spiro atoms. The molecule has 6 aliphatic rings. The van der Waals surface area contributed by atoms with E-state index in [0.717, 1.165) is 49.5 Å². The first-order chi connectivity index (χ1) is 37.9. The third kappa shape index (κ3) is 13.1. The number of carbonyl (C=O) groups is 1. The fourth-order valence-corrected chi connectivity index (χ4v) is 10.5. The van der Waals surface area contributed by atoms with Crippen molar-refractivity contribution in [3.05, 3.63) is 118 Å². The van der Waals surface area contributed by atoms with Gasteiger partial charge in [-0.15, -0.1) is 0 Å². The summed E-state index contributed by atoms with van der Waals surface area (Å²) in [6.45, 7) is 12.1. The fourth-order valence-electron chi connectivity index (χ4n) is 9.99. The average molecular weight is 1150 g/mol. The van der Waals surface area contributed by atoms with E-state index in [1.807, 2.05) is 27.7 Å². The molecule has 424 valence electrons. The molecule has 4 atom stereocenters. The van der Waals surface area contributed by atoms with E-state index in [-0.39, 0.29) is 41.1 Å². The van der Waals surface area contributed by atoms with Gasteiger partial charge in [0.1, 0.15) is 25.4 Å². The molecule has 4 saturated heterocycles. The highest BCUT2D eigenvalue weighted by molar-refractivity contribution is 6.34. The molecule has 25 heteroatoms. The van der Waals surface area contributed by atoms with Gasteiger partial charge in [0.15, 0.2) is 23.2 Å². The van der Waals surface area contributed by atoms with Gasteiger partial charge < -0.3 is 54.6 Å². The molecule has 2 amide bonds. The minimum absolute atomic E-state index is 0.0572. The normalized spacial score (nSPS) is 21.1. The van der Waals surface area contributed by atoms with E-state index in [2.05, 4.69) is 40.4 Å². The molecule has 0 aliphatic carbocycles. The molecule has 6 aliphatic heterocycles. The van der Waals surface area contributed by atoms with Crippen molar-refractivity contribution in [2.75, 3.05) is 83.7 Å². The summed E-state index contributed by atoms with van der Waals surface area (Å²) in [7, 11) is 0. The molecule has 4 bridgehead atoms. The Kier molecular flexibility index (Phi) is 15.9. The molecular formula is C55H56Cl2F6N10O7. The third-order valence-corrected chi connectivity index (χ3v) is 14.3. The summed E-state index contributed by atoms with van der Waals surface area (Å²) in [4.78, 5) is 36.9. The summed E-state index contributed by atoms with van der Waals surface area (Å²) in [6.07, 6.45) is -4.36. The van der Waals surface area contributed by atoms with E-state index in [0.29, 0.717) is 102 Å². The number of carbonyl (C=O) groups excluding carboxylic acids is 1. The molecule has 12 rings (SSSR count). The van der Waals surface area contributed by atoms with Gasteiger partial charge in [-0.3, -0.25) is 4.90 Å². The van der Waals surface area contributed by atoms with Gasteiger partial charge in [-0.2, -0.15) is 26.3 Å². The lowest BCUT2D eigenvalue weighted by molar-refractivity contribution is -0.142. The number of urea groups is 1. The van der Waals surface area contributed by atoms with E-state index in [4.69, 9.17) is 57.4 Å². The number of ether oxygens (including phenoxy) is 6. The number of halogens is 8. The number of nitrogens with two attached hydrogens (primary N) is 1. The number of pyridine rings is 4. The standard InChI is InChI=1S/C28H27ClF3N5O4.C16H13ClF3N3.C11H16N2O3/c1-27(2)40-15-20(41-27)14-39-23-11-18(6-8-33-23)34-26(38)37-19-7-9-36(13-19)22-12-21(29)24(35-25(22)37)16-4-3-5-17(10-16)28(30,31)32;17-12-7-13-15(21-11-4-5-23(13)8-11)22-14(12)9-2-1-3-10(6-9)16(18,19)20;1-11(2)15-7-9(16-11)6-14-10-5-8(12)3-4-13-10/h3-6,8,10-12,19-20H,7,9,13-15H2,1-2H3,(H,33,34,38);1-3,6-7,11H,4-5,8H2,(H,21,22);3-5,9H,6-7H2,1-2H3,(H2,12,13)/t19-,20+;11-;9-/m001/s1. The second-order valence-corrected chi connectivity index (χ2v) is 21.4. The molecular weight excluding hydrogens is 1100 g/mol. The number of nitrogens with one attached hydrogen (secondary N) is 2. The maximum atomic E-state index is 13.7. The smallest absolute Gasteiger partial charge is 0.416 e. The molecule has 4 N–H and O–H groups in total. The van der Waals surface area contributed by atoms with Gasteiger partial charge in [-0.1, -0.05) is 47.5 Å². The molecule has 10 heterocycles. The van der Waals surface area contributed by atoms with E-state index < -0.39 is 41.1 Å². The van der Waals surface area contributed by atoms with Gasteiger partial charge in [0.05, 0.1) is 63.2 Å². The van der Waals surface area contributed by atoms with E-state index in [1.165, 1.54) is 24.4 Å². The van der Waals surface area contributed by atoms with Crippen molar-refractivity contribution in [2.24, 2.45) is 0 Å². The van der Waals surface area contributed by atoms with Crippen LogP contribution in [0.2, 0.25) is 10.0 Å². The quantitative estimate of drug-likeness (QED) is 0.116. The van der Waals surface area contributed by atoms with Gasteiger partial charge in [0, 0.05) is 79.2 Å². The molecule has 2 aromatic carbocycles. The highest BCUT2D eigenvalue weighted by Gasteiger charge is 2.42. The van der Waals surface area contributed by atoms with Crippen LogP contribution in [0.4, 0.5) is 65.5 Å². The van der Waals surface area contributed by atoms with Gasteiger partial charge in [-0.05, 0) is 89.1 Å². The number of rotatable bonds is 9. The average Bonchev–Trinajstić information content (AvgIpc) is 4.28. The van der Waals surface area contributed by atoms with E-state index in [1.54, 1.807) is 53.6 Å². The summed E-state index contributed by atoms with van der Waals surface area (Å²) in [5.74, 6) is 0.649. The number of fused-ring (bicyclic) bond motifs is 8. The first kappa shape index (κ1) is 56.4. The zero-order chi connectivity index (χ0) is 56.7. The number of hydrogen-bond donors (Lipinski definition) is 3. The number of aromatic nitrogens is 4. The molecule has 0 unspecified atom stereocenters. The predicted molar refractivity (Wildman–Crippen MR) is 289 cm³/mol. The maximum Gasteiger partial charge on any atom is 0.416 e. The van der Waals surface area contributed by atoms with Gasteiger partial charge in [0.2, 0.25) is 11.8 Å². The van der Waals surface area contributed by atoms with Crippen LogP contribution in [0.15, 0.2) is 97.3 Å². The Morgan fingerprint density at radius 1 is 0.725 bits per heavy atom. The van der Waals surface area contributed by atoms with Gasteiger partial charge in [0.25, 0.3) is 0 Å². The SMILES string of the molecule is CC1(C)OC[C@@H](COc2cc(N)ccn2)O1.CC1(C)OC[C@@H](COc2cc(NC(=O)N3c4nc(-c5cccc(C(F)(F)F)c5)c(Cl)cc4N4CC[C@H]3C4)ccn2)O1.FC(F)(F)c1cccc(-c2nc3c(cc2Cl)N2CC[C@@H](C2)N3)c1.